The maximum absolute atomic E-state index is 12.7. The first kappa shape index (κ1) is 17.3. The van der Waals surface area contributed by atoms with Crippen LogP contribution in [-0.2, 0) is 13.0 Å². The van der Waals surface area contributed by atoms with Crippen molar-refractivity contribution in [3.8, 4) is 0 Å². The third-order valence-electron chi connectivity index (χ3n) is 5.57. The van der Waals surface area contributed by atoms with E-state index in [4.69, 9.17) is 0 Å². The van der Waals surface area contributed by atoms with E-state index in [0.29, 0.717) is 24.1 Å². The Morgan fingerprint density at radius 2 is 1.96 bits per heavy atom. The summed E-state index contributed by atoms with van der Waals surface area (Å²) < 4.78 is 1.96. The van der Waals surface area contributed by atoms with Crippen LogP contribution in [0, 0.1) is 0 Å². The van der Waals surface area contributed by atoms with Crippen molar-refractivity contribution in [1.82, 2.24) is 20.2 Å². The molecule has 2 N–H and O–H groups in total. The van der Waals surface area contributed by atoms with E-state index < -0.39 is 0 Å². The lowest BCUT2D eigenvalue weighted by Crippen LogP contribution is -2.29. The van der Waals surface area contributed by atoms with Gasteiger partial charge < -0.3 is 15.2 Å². The van der Waals surface area contributed by atoms with Gasteiger partial charge in [-0.2, -0.15) is 0 Å². The van der Waals surface area contributed by atoms with E-state index in [9.17, 15) is 9.59 Å². The summed E-state index contributed by atoms with van der Waals surface area (Å²) in [6.45, 7) is 1.41. The molecule has 0 spiro atoms. The summed E-state index contributed by atoms with van der Waals surface area (Å²) in [7, 11) is 0. The van der Waals surface area contributed by atoms with E-state index >= 15 is 0 Å². The van der Waals surface area contributed by atoms with Gasteiger partial charge in [0.1, 0.15) is 5.69 Å². The second kappa shape index (κ2) is 7.64. The summed E-state index contributed by atoms with van der Waals surface area (Å²) in [6.07, 6.45) is 13.1. The number of hydrogen-bond acceptors (Lipinski definition) is 3. The van der Waals surface area contributed by atoms with E-state index in [1.807, 2.05) is 4.57 Å². The van der Waals surface area contributed by atoms with Crippen LogP contribution in [0.2, 0.25) is 0 Å². The lowest BCUT2D eigenvalue weighted by Gasteiger charge is -2.17. The van der Waals surface area contributed by atoms with Gasteiger partial charge in [-0.15, -0.1) is 0 Å². The molecule has 4 rings (SSSR count). The standard InChI is InChI=1S/C20H28N4O2/c25-19(22-15-9-10-15)17-16-8-4-5-13-24(16)18(23-17)20(26)21-12-11-14-6-2-1-3-7-14/h6,15H,1-5,7-13H2,(H,21,26)(H,22,25). The summed E-state index contributed by atoms with van der Waals surface area (Å²) >= 11 is 0. The monoisotopic (exact) mass is 356 g/mol. The number of nitrogens with zero attached hydrogens (tertiary/aromatic N) is 2. The Kier molecular flexibility index (Phi) is 5.09. The van der Waals surface area contributed by atoms with Gasteiger partial charge in [0, 0.05) is 19.1 Å². The molecular weight excluding hydrogens is 328 g/mol. The molecule has 2 heterocycles. The Morgan fingerprint density at radius 1 is 1.12 bits per heavy atom. The summed E-state index contributed by atoms with van der Waals surface area (Å²) in [6, 6.07) is 0.296. The molecule has 1 aliphatic heterocycles. The molecule has 0 radical (unpaired) electrons. The molecule has 2 aliphatic carbocycles. The van der Waals surface area contributed by atoms with Crippen molar-refractivity contribution in [1.29, 1.82) is 0 Å². The lowest BCUT2D eigenvalue weighted by molar-refractivity contribution is 0.0938. The van der Waals surface area contributed by atoms with Gasteiger partial charge >= 0.3 is 0 Å². The van der Waals surface area contributed by atoms with Crippen LogP contribution >= 0.6 is 0 Å². The van der Waals surface area contributed by atoms with Gasteiger partial charge in [0.25, 0.3) is 11.8 Å². The number of fused-ring (bicyclic) bond motifs is 1. The second-order valence-corrected chi connectivity index (χ2v) is 7.70. The number of carbonyl (C=O) groups excluding carboxylic acids is 2. The van der Waals surface area contributed by atoms with Gasteiger partial charge in [-0.25, -0.2) is 4.98 Å². The number of allylic oxidation sites excluding steroid dienone is 1. The number of nitrogens with one attached hydrogen (secondary N) is 2. The first-order valence-corrected chi connectivity index (χ1v) is 10.1. The SMILES string of the molecule is O=C(NC1CC1)c1nc(C(=O)NCCC2=CCCCC2)n2c1CCCC2. The first-order chi connectivity index (χ1) is 12.7. The molecule has 3 aliphatic rings. The number of hydrogen-bond donors (Lipinski definition) is 2. The second-order valence-electron chi connectivity index (χ2n) is 7.70. The van der Waals surface area contributed by atoms with Crippen molar-refractivity contribution in [2.45, 2.75) is 76.8 Å². The van der Waals surface area contributed by atoms with Gasteiger partial charge in [0.05, 0.1) is 5.69 Å². The highest BCUT2D eigenvalue weighted by atomic mass is 16.2. The summed E-state index contributed by atoms with van der Waals surface area (Å²) in [5, 5.41) is 6.01. The number of carbonyl (C=O) groups is 2. The van der Waals surface area contributed by atoms with Gasteiger partial charge in [0.15, 0.2) is 5.82 Å². The Morgan fingerprint density at radius 3 is 2.73 bits per heavy atom. The Labute approximate surface area is 154 Å². The van der Waals surface area contributed by atoms with Crippen molar-refractivity contribution in [3.05, 3.63) is 28.9 Å². The van der Waals surface area contributed by atoms with Crippen molar-refractivity contribution in [3.63, 3.8) is 0 Å². The fraction of sp³-hybridized carbons (Fsp3) is 0.650. The Hall–Kier alpha value is -2.11. The molecule has 6 heteroatoms. The topological polar surface area (TPSA) is 76.0 Å². The third kappa shape index (κ3) is 3.84. The predicted molar refractivity (Wildman–Crippen MR) is 99.2 cm³/mol. The van der Waals surface area contributed by atoms with Gasteiger partial charge in [-0.05, 0) is 64.2 Å². The maximum Gasteiger partial charge on any atom is 0.287 e. The quantitative estimate of drug-likeness (QED) is 0.770. The molecule has 0 saturated heterocycles. The number of rotatable bonds is 6. The van der Waals surface area contributed by atoms with E-state index in [1.54, 1.807) is 0 Å². The third-order valence-corrected chi connectivity index (χ3v) is 5.57. The zero-order valence-electron chi connectivity index (χ0n) is 15.4. The summed E-state index contributed by atoms with van der Waals surface area (Å²) in [5.41, 5.74) is 2.83. The lowest BCUT2D eigenvalue weighted by atomic mass is 9.97. The minimum Gasteiger partial charge on any atom is -0.349 e. The van der Waals surface area contributed by atoms with Crippen molar-refractivity contribution >= 4 is 11.8 Å². The van der Waals surface area contributed by atoms with Crippen LogP contribution in [0.4, 0.5) is 0 Å². The van der Waals surface area contributed by atoms with Crippen LogP contribution in [0.5, 0.6) is 0 Å². The van der Waals surface area contributed by atoms with E-state index in [-0.39, 0.29) is 11.8 Å². The smallest absolute Gasteiger partial charge is 0.287 e. The van der Waals surface area contributed by atoms with Crippen LogP contribution in [0.25, 0.3) is 0 Å². The minimum absolute atomic E-state index is 0.121. The van der Waals surface area contributed by atoms with Gasteiger partial charge in [-0.3, -0.25) is 9.59 Å². The van der Waals surface area contributed by atoms with Crippen LogP contribution in [0.3, 0.4) is 0 Å². The molecule has 6 nitrogen and oxygen atoms in total. The van der Waals surface area contributed by atoms with E-state index in [1.165, 1.54) is 18.4 Å². The Bertz CT molecular complexity index is 730. The molecule has 0 unspecified atom stereocenters. The zero-order chi connectivity index (χ0) is 17.9. The van der Waals surface area contributed by atoms with Crippen LogP contribution in [0.15, 0.2) is 11.6 Å². The molecule has 0 aromatic carbocycles. The average molecular weight is 356 g/mol. The number of imidazole rings is 1. The van der Waals surface area contributed by atoms with Crippen molar-refractivity contribution in [2.24, 2.45) is 0 Å². The first-order valence-electron chi connectivity index (χ1n) is 10.1. The molecule has 26 heavy (non-hydrogen) atoms. The molecule has 1 aromatic heterocycles. The number of amides is 2. The molecule has 1 saturated carbocycles. The maximum atomic E-state index is 12.7. The zero-order valence-corrected chi connectivity index (χ0v) is 15.4. The van der Waals surface area contributed by atoms with E-state index in [2.05, 4.69) is 21.7 Å². The highest BCUT2D eigenvalue weighted by Gasteiger charge is 2.30. The fourth-order valence-electron chi connectivity index (χ4n) is 3.93. The van der Waals surface area contributed by atoms with Crippen LogP contribution < -0.4 is 10.6 Å². The Balaban J connectivity index is 1.44. The van der Waals surface area contributed by atoms with Gasteiger partial charge in [0.2, 0.25) is 0 Å². The fourth-order valence-corrected chi connectivity index (χ4v) is 3.93. The van der Waals surface area contributed by atoms with Gasteiger partial charge in [-0.1, -0.05) is 11.6 Å². The number of aromatic nitrogens is 2. The normalized spacial score (nSPS) is 19.5. The highest BCUT2D eigenvalue weighted by molar-refractivity contribution is 5.97. The van der Waals surface area contributed by atoms with Crippen LogP contribution in [0.1, 0.15) is 84.6 Å². The summed E-state index contributed by atoms with van der Waals surface area (Å²) in [4.78, 5) is 29.6. The largest absolute Gasteiger partial charge is 0.349 e. The molecule has 140 valence electrons. The minimum atomic E-state index is -0.157. The molecule has 0 atom stereocenters. The van der Waals surface area contributed by atoms with Crippen LogP contribution in [-0.4, -0.2) is 34.0 Å². The molecule has 0 bridgehead atoms. The molecule has 1 aromatic rings. The average Bonchev–Trinajstić information content (AvgIpc) is 3.39. The molecule has 2 amide bonds. The summed E-state index contributed by atoms with van der Waals surface area (Å²) in [5.74, 6) is 0.123. The molecule has 1 fully saturated rings. The van der Waals surface area contributed by atoms with E-state index in [0.717, 1.165) is 63.6 Å². The predicted octanol–water partition coefficient (Wildman–Crippen LogP) is 2.73. The van der Waals surface area contributed by atoms with Crippen molar-refractivity contribution < 1.29 is 9.59 Å². The van der Waals surface area contributed by atoms with Crippen molar-refractivity contribution in [2.75, 3.05) is 6.54 Å². The highest BCUT2D eigenvalue weighted by Crippen LogP contribution is 2.24. The molecular formula is C20H28N4O2.